The topological polar surface area (TPSA) is 73.3 Å². The van der Waals surface area contributed by atoms with E-state index in [9.17, 15) is 5.11 Å². The summed E-state index contributed by atoms with van der Waals surface area (Å²) in [5.74, 6) is 0. The highest BCUT2D eigenvalue weighted by molar-refractivity contribution is 5.21. The number of hydrogen-bond donors (Lipinski definition) is 2. The zero-order chi connectivity index (χ0) is 11.8. The van der Waals surface area contributed by atoms with Gasteiger partial charge in [0.2, 0.25) is 0 Å². The molecule has 2 atom stereocenters. The van der Waals surface area contributed by atoms with Crippen molar-refractivity contribution in [2.75, 3.05) is 19.8 Å². The van der Waals surface area contributed by atoms with Crippen molar-refractivity contribution < 1.29 is 9.84 Å². The van der Waals surface area contributed by atoms with Crippen LogP contribution in [0.1, 0.15) is 23.8 Å². The number of hydrogen-bond acceptors (Lipinski definition) is 4. The molecule has 1 aliphatic rings. The fraction of sp³-hybridized carbons (Fsp3) is 0.727. The maximum Gasteiger partial charge on any atom is 0.0914 e. The lowest BCUT2D eigenvalue weighted by Crippen LogP contribution is -2.37. The molecule has 0 aromatic carbocycles. The quantitative estimate of drug-likeness (QED) is 0.766. The Hall–Kier alpha value is -0.910. The summed E-state index contributed by atoms with van der Waals surface area (Å²) in [5.41, 5.74) is 7.17. The molecule has 1 aromatic rings. The Labute approximate surface area is 95.2 Å². The maximum absolute atomic E-state index is 10.5. The van der Waals surface area contributed by atoms with E-state index in [0.717, 1.165) is 17.7 Å². The van der Waals surface area contributed by atoms with Crippen molar-refractivity contribution >= 4 is 0 Å². The molecule has 5 heteroatoms. The number of aryl methyl sites for hydroxylation is 2. The summed E-state index contributed by atoms with van der Waals surface area (Å²) in [6.07, 6.45) is 2.07. The van der Waals surface area contributed by atoms with Crippen molar-refractivity contribution in [2.24, 2.45) is 18.2 Å². The lowest BCUT2D eigenvalue weighted by molar-refractivity contribution is 0.0186. The monoisotopic (exact) mass is 225 g/mol. The first-order valence-electron chi connectivity index (χ1n) is 5.55. The van der Waals surface area contributed by atoms with Gasteiger partial charge >= 0.3 is 0 Å². The minimum atomic E-state index is -0.589. The Balaban J connectivity index is 2.29. The summed E-state index contributed by atoms with van der Waals surface area (Å²) < 4.78 is 7.09. The van der Waals surface area contributed by atoms with Crippen LogP contribution in [-0.2, 0) is 11.8 Å². The van der Waals surface area contributed by atoms with Gasteiger partial charge in [0.1, 0.15) is 0 Å². The summed E-state index contributed by atoms with van der Waals surface area (Å²) in [7, 11) is 1.85. The zero-order valence-corrected chi connectivity index (χ0v) is 9.81. The Bertz CT molecular complexity index is 369. The Morgan fingerprint density at radius 1 is 1.75 bits per heavy atom. The van der Waals surface area contributed by atoms with Crippen LogP contribution in [0, 0.1) is 12.3 Å². The van der Waals surface area contributed by atoms with E-state index in [0.29, 0.717) is 19.8 Å². The molecule has 2 heterocycles. The van der Waals surface area contributed by atoms with Crippen LogP contribution >= 0.6 is 0 Å². The second-order valence-corrected chi connectivity index (χ2v) is 4.62. The van der Waals surface area contributed by atoms with Gasteiger partial charge in [-0.3, -0.25) is 4.68 Å². The number of aliphatic hydroxyl groups excluding tert-OH is 1. The molecule has 2 unspecified atom stereocenters. The fourth-order valence-electron chi connectivity index (χ4n) is 2.33. The molecule has 0 radical (unpaired) electrons. The highest BCUT2D eigenvalue weighted by Crippen LogP contribution is 2.40. The molecule has 0 bridgehead atoms. The van der Waals surface area contributed by atoms with E-state index in [1.807, 2.05) is 20.2 Å². The summed E-state index contributed by atoms with van der Waals surface area (Å²) >= 11 is 0. The van der Waals surface area contributed by atoms with Crippen LogP contribution in [-0.4, -0.2) is 34.6 Å². The van der Waals surface area contributed by atoms with Crippen LogP contribution in [0.25, 0.3) is 0 Å². The number of nitrogens with zero attached hydrogens (tertiary/aromatic N) is 2. The average molecular weight is 225 g/mol. The van der Waals surface area contributed by atoms with Gasteiger partial charge in [0.25, 0.3) is 0 Å². The van der Waals surface area contributed by atoms with Crippen molar-refractivity contribution in [1.29, 1.82) is 0 Å². The van der Waals surface area contributed by atoms with Crippen LogP contribution in [0.15, 0.2) is 6.20 Å². The van der Waals surface area contributed by atoms with E-state index in [4.69, 9.17) is 10.5 Å². The zero-order valence-electron chi connectivity index (χ0n) is 9.81. The van der Waals surface area contributed by atoms with E-state index in [2.05, 4.69) is 5.10 Å². The molecular weight excluding hydrogens is 206 g/mol. The van der Waals surface area contributed by atoms with Crippen LogP contribution < -0.4 is 5.73 Å². The van der Waals surface area contributed by atoms with E-state index in [1.165, 1.54) is 0 Å². The molecule has 3 N–H and O–H groups in total. The molecule has 90 valence electrons. The van der Waals surface area contributed by atoms with Gasteiger partial charge in [-0.1, -0.05) is 0 Å². The number of nitrogens with two attached hydrogens (primary N) is 1. The molecule has 1 aliphatic heterocycles. The van der Waals surface area contributed by atoms with Gasteiger partial charge < -0.3 is 15.6 Å². The molecule has 0 saturated carbocycles. The summed E-state index contributed by atoms with van der Waals surface area (Å²) in [6.45, 7) is 3.54. The SMILES string of the molecule is Cc1nn(C)cc1C(O)C1(CN)CCOC1. The second kappa shape index (κ2) is 4.16. The van der Waals surface area contributed by atoms with Gasteiger partial charge in [0.15, 0.2) is 0 Å². The maximum atomic E-state index is 10.5. The number of aromatic nitrogens is 2. The van der Waals surface area contributed by atoms with Gasteiger partial charge in [0, 0.05) is 37.4 Å². The number of aliphatic hydroxyl groups is 1. The predicted molar refractivity (Wildman–Crippen MR) is 59.8 cm³/mol. The largest absolute Gasteiger partial charge is 0.388 e. The van der Waals surface area contributed by atoms with Crippen molar-refractivity contribution in [3.8, 4) is 0 Å². The second-order valence-electron chi connectivity index (χ2n) is 4.62. The first-order chi connectivity index (χ1) is 7.59. The minimum Gasteiger partial charge on any atom is -0.388 e. The average Bonchev–Trinajstić information content (AvgIpc) is 2.85. The molecule has 0 spiro atoms. The number of rotatable bonds is 3. The normalized spacial score (nSPS) is 27.2. The summed E-state index contributed by atoms with van der Waals surface area (Å²) in [4.78, 5) is 0. The molecule has 1 saturated heterocycles. The van der Waals surface area contributed by atoms with Gasteiger partial charge in [0.05, 0.1) is 18.4 Å². The van der Waals surface area contributed by atoms with Crippen molar-refractivity contribution in [1.82, 2.24) is 9.78 Å². The molecular formula is C11H19N3O2. The lowest BCUT2D eigenvalue weighted by atomic mass is 9.78. The fourth-order valence-corrected chi connectivity index (χ4v) is 2.33. The highest BCUT2D eigenvalue weighted by Gasteiger charge is 2.42. The molecule has 1 fully saturated rings. The van der Waals surface area contributed by atoms with E-state index < -0.39 is 6.10 Å². The van der Waals surface area contributed by atoms with Crippen molar-refractivity contribution in [2.45, 2.75) is 19.4 Å². The van der Waals surface area contributed by atoms with Crippen LogP contribution in [0.5, 0.6) is 0 Å². The predicted octanol–water partition coefficient (Wildman–Crippen LogP) is 0.127. The van der Waals surface area contributed by atoms with Gasteiger partial charge in [-0.25, -0.2) is 0 Å². The smallest absolute Gasteiger partial charge is 0.0914 e. The standard InChI is InChI=1S/C11H19N3O2/c1-8-9(5-14(2)13-8)10(15)11(6-12)3-4-16-7-11/h5,10,15H,3-4,6-7,12H2,1-2H3. The minimum absolute atomic E-state index is 0.339. The van der Waals surface area contributed by atoms with Gasteiger partial charge in [-0.05, 0) is 13.3 Å². The molecule has 2 rings (SSSR count). The van der Waals surface area contributed by atoms with Crippen molar-refractivity contribution in [3.05, 3.63) is 17.5 Å². The lowest BCUT2D eigenvalue weighted by Gasteiger charge is -2.31. The van der Waals surface area contributed by atoms with E-state index in [1.54, 1.807) is 4.68 Å². The number of ether oxygens (including phenoxy) is 1. The molecule has 5 nitrogen and oxygen atoms in total. The molecule has 16 heavy (non-hydrogen) atoms. The molecule has 0 amide bonds. The third-order valence-electron chi connectivity index (χ3n) is 3.47. The Kier molecular flexibility index (Phi) is 3.01. The van der Waals surface area contributed by atoms with Crippen LogP contribution in [0.2, 0.25) is 0 Å². The molecule has 1 aromatic heterocycles. The summed E-state index contributed by atoms with van der Waals surface area (Å²) in [5, 5.41) is 14.7. The van der Waals surface area contributed by atoms with Crippen LogP contribution in [0.4, 0.5) is 0 Å². The Morgan fingerprint density at radius 2 is 2.50 bits per heavy atom. The van der Waals surface area contributed by atoms with E-state index in [-0.39, 0.29) is 5.41 Å². The Morgan fingerprint density at radius 3 is 2.94 bits per heavy atom. The molecule has 0 aliphatic carbocycles. The third kappa shape index (κ3) is 1.75. The van der Waals surface area contributed by atoms with Crippen LogP contribution in [0.3, 0.4) is 0 Å². The van der Waals surface area contributed by atoms with Gasteiger partial charge in [-0.15, -0.1) is 0 Å². The van der Waals surface area contributed by atoms with E-state index >= 15 is 0 Å². The first-order valence-corrected chi connectivity index (χ1v) is 5.55. The highest BCUT2D eigenvalue weighted by atomic mass is 16.5. The van der Waals surface area contributed by atoms with Crippen molar-refractivity contribution in [3.63, 3.8) is 0 Å². The third-order valence-corrected chi connectivity index (χ3v) is 3.47. The van der Waals surface area contributed by atoms with Gasteiger partial charge in [-0.2, -0.15) is 5.10 Å². The first kappa shape index (κ1) is 11.6. The summed E-state index contributed by atoms with van der Waals surface area (Å²) in [6, 6.07) is 0.